The van der Waals surface area contributed by atoms with Crippen molar-refractivity contribution in [1.29, 1.82) is 0 Å². The van der Waals surface area contributed by atoms with E-state index in [0.29, 0.717) is 0 Å². The summed E-state index contributed by atoms with van der Waals surface area (Å²) < 4.78 is 4.46. The Labute approximate surface area is 98.7 Å². The van der Waals surface area contributed by atoms with E-state index in [1.165, 1.54) is 0 Å². The number of hydrogen-bond acceptors (Lipinski definition) is 1. The second-order valence-electron chi connectivity index (χ2n) is 2.17. The van der Waals surface area contributed by atoms with Gasteiger partial charge in [-0.25, -0.2) is 0 Å². The van der Waals surface area contributed by atoms with E-state index in [-0.39, 0.29) is 0 Å². The van der Waals surface area contributed by atoms with E-state index in [4.69, 9.17) is 0 Å². The molecule has 0 fully saturated rings. The molecule has 84 valence electrons. The van der Waals surface area contributed by atoms with Crippen LogP contribution in [0.3, 0.4) is 0 Å². The predicted octanol–water partition coefficient (Wildman–Crippen LogP) is 2.91. The molecule has 0 aliphatic rings. The number of rotatable bonds is 5. The van der Waals surface area contributed by atoms with Crippen LogP contribution in [0.15, 0.2) is 0 Å². The van der Waals surface area contributed by atoms with Crippen molar-refractivity contribution in [1.82, 2.24) is 0 Å². The van der Waals surface area contributed by atoms with Gasteiger partial charge in [0, 0.05) is 0 Å². The minimum atomic E-state index is 0.782. The Morgan fingerprint density at radius 3 is 1.00 bits per heavy atom. The fraction of sp³-hybridized carbons (Fsp3) is 1.00. The van der Waals surface area contributed by atoms with Gasteiger partial charge in [-0.3, -0.25) is 0 Å². The summed E-state index contributed by atoms with van der Waals surface area (Å²) in [6.45, 7) is 14.8. The van der Waals surface area contributed by atoms with Crippen molar-refractivity contribution in [3.8, 4) is 0 Å². The van der Waals surface area contributed by atoms with Gasteiger partial charge in [-0.1, -0.05) is 27.7 Å². The second-order valence-corrected chi connectivity index (χ2v) is 2.50. The first-order chi connectivity index (χ1) is 6.74. The van der Waals surface area contributed by atoms with Gasteiger partial charge < -0.3 is 10.6 Å². The zero-order chi connectivity index (χ0) is 11.7. The van der Waals surface area contributed by atoms with Crippen LogP contribution in [-0.2, 0) is 3.79 Å². The molecule has 0 saturated carbocycles. The molecule has 14 heavy (non-hydrogen) atoms. The topological polar surface area (TPSA) is 37.4 Å². The minimum absolute atomic E-state index is 0.782. The van der Waals surface area contributed by atoms with Crippen molar-refractivity contribution in [3.05, 3.63) is 10.6 Å². The fourth-order valence-corrected chi connectivity index (χ4v) is 0.447. The molecule has 0 amide bonds. The number of hydrogen-bond donors (Lipinski definition) is 0. The zero-order valence-electron chi connectivity index (χ0n) is 10.4. The predicted molar refractivity (Wildman–Crippen MR) is 66.3 cm³/mol. The van der Waals surface area contributed by atoms with Crippen LogP contribution in [0.25, 0.3) is 10.6 Å². The molecular formula is C10H25AlN2O. The molecule has 0 N–H and O–H groups in total. The summed E-state index contributed by atoms with van der Waals surface area (Å²) in [5, 5.41) is 7.94. The molecule has 3 nitrogen and oxygen atoms in total. The van der Waals surface area contributed by atoms with Gasteiger partial charge in [0.15, 0.2) is 0 Å². The molecule has 0 heterocycles. The van der Waals surface area contributed by atoms with E-state index in [1.807, 2.05) is 34.6 Å². The third kappa shape index (κ3) is 55.2. The quantitative estimate of drug-likeness (QED) is 0.651. The van der Waals surface area contributed by atoms with Crippen molar-refractivity contribution in [2.45, 2.75) is 34.6 Å². The van der Waals surface area contributed by atoms with Gasteiger partial charge >= 0.3 is 33.9 Å². The third-order valence-electron chi connectivity index (χ3n) is 1.06. The van der Waals surface area contributed by atoms with Gasteiger partial charge in [-0.05, 0) is 0 Å². The maximum atomic E-state index is 4.46. The maximum absolute atomic E-state index is 4.46. The molecule has 0 saturated heterocycles. The normalized spacial score (nSPS) is 8.21. The molecule has 0 spiro atoms. The Morgan fingerprint density at radius 2 is 1.00 bits per heavy atom. The van der Waals surface area contributed by atoms with Crippen molar-refractivity contribution in [2.24, 2.45) is 0 Å². The van der Waals surface area contributed by atoms with E-state index in [9.17, 15) is 0 Å². The van der Waals surface area contributed by atoms with Crippen LogP contribution < -0.4 is 0 Å². The third-order valence-corrected chi connectivity index (χ3v) is 1.39. The Kier molecular flexibility index (Phi) is 41.5. The summed E-state index contributed by atoms with van der Waals surface area (Å²) in [6.07, 6.45) is 0. The van der Waals surface area contributed by atoms with Crippen molar-refractivity contribution < 1.29 is 3.79 Å². The molecule has 0 aromatic rings. The monoisotopic (exact) mass is 216 g/mol. The Balaban J connectivity index is -0.000000131. The van der Waals surface area contributed by atoms with E-state index in [1.54, 1.807) is 0 Å². The summed E-state index contributed by atoms with van der Waals surface area (Å²) in [7, 11) is 0. The number of nitrogens with zero attached hydrogens (tertiary/aromatic N) is 2. The molecule has 0 bridgehead atoms. The van der Waals surface area contributed by atoms with Crippen molar-refractivity contribution >= 4 is 16.6 Å². The van der Waals surface area contributed by atoms with Gasteiger partial charge in [0.2, 0.25) is 0 Å². The summed E-state index contributed by atoms with van der Waals surface area (Å²) >= 11 is 2.16. The average molecular weight is 216 g/mol. The molecule has 0 aliphatic carbocycles. The molecule has 0 unspecified atom stereocenters. The summed E-state index contributed by atoms with van der Waals surface area (Å²) in [4.78, 5) is 0. The van der Waals surface area contributed by atoms with Crippen LogP contribution in [-0.4, -0.2) is 49.4 Å². The molecule has 0 aliphatic heterocycles. The van der Waals surface area contributed by atoms with Crippen molar-refractivity contribution in [3.63, 3.8) is 0 Å². The van der Waals surface area contributed by atoms with Gasteiger partial charge in [0.1, 0.15) is 0 Å². The first kappa shape index (κ1) is 19.9. The average Bonchev–Trinajstić information content (AvgIpc) is 2.22. The molecular weight excluding hydrogens is 191 g/mol. The zero-order valence-corrected chi connectivity index (χ0v) is 11.6. The van der Waals surface area contributed by atoms with E-state index in [2.05, 4.69) is 31.0 Å². The van der Waals surface area contributed by atoms with Crippen LogP contribution in [0.2, 0.25) is 0 Å². The first-order valence-electron chi connectivity index (χ1n) is 5.32. The van der Waals surface area contributed by atoms with Crippen LogP contribution in [0.1, 0.15) is 34.6 Å². The SMILES string of the molecule is CC[N-]CC.CC[N-]CC.CC[O][Al+2]. The molecule has 0 radical (unpaired) electrons. The molecule has 0 atom stereocenters. The van der Waals surface area contributed by atoms with E-state index < -0.39 is 0 Å². The standard InChI is InChI=1S/2C4H10N.C2H5O.Al/c2*1-3-5-4-2;1-2-3;/h2*3-4H2,1-2H3;2H2,1H3;/q3*-1;+3. The molecule has 0 aromatic heterocycles. The van der Waals surface area contributed by atoms with E-state index in [0.717, 1.165) is 32.8 Å². The Morgan fingerprint density at radius 1 is 0.786 bits per heavy atom. The van der Waals surface area contributed by atoms with Gasteiger partial charge in [0.05, 0.1) is 0 Å². The van der Waals surface area contributed by atoms with Crippen LogP contribution in [0, 0.1) is 0 Å². The Bertz CT molecular complexity index is 54.1. The Hall–Kier alpha value is 0.412. The van der Waals surface area contributed by atoms with Crippen molar-refractivity contribution in [2.75, 3.05) is 32.8 Å². The van der Waals surface area contributed by atoms with Gasteiger partial charge in [-0.2, -0.15) is 26.2 Å². The summed E-state index contributed by atoms with van der Waals surface area (Å²) in [5.74, 6) is 0. The summed E-state index contributed by atoms with van der Waals surface area (Å²) in [6, 6.07) is 0. The van der Waals surface area contributed by atoms with Crippen LogP contribution >= 0.6 is 0 Å². The van der Waals surface area contributed by atoms with Crippen LogP contribution in [0.5, 0.6) is 0 Å². The van der Waals surface area contributed by atoms with Crippen LogP contribution in [0.4, 0.5) is 0 Å². The molecule has 0 aromatic carbocycles. The summed E-state index contributed by atoms with van der Waals surface area (Å²) in [5.41, 5.74) is 0. The molecule has 0 rings (SSSR count). The first-order valence-corrected chi connectivity index (χ1v) is 5.80. The van der Waals surface area contributed by atoms with Gasteiger partial charge in [-0.15, -0.1) is 0 Å². The van der Waals surface area contributed by atoms with E-state index >= 15 is 0 Å². The molecule has 4 heteroatoms. The second kappa shape index (κ2) is 29.2. The van der Waals surface area contributed by atoms with Gasteiger partial charge in [0.25, 0.3) is 0 Å². The fourth-order valence-electron chi connectivity index (χ4n) is 0.447.